The summed E-state index contributed by atoms with van der Waals surface area (Å²) < 4.78 is 41.7. The second-order valence-electron chi connectivity index (χ2n) is 9.51. The Kier molecular flexibility index (Phi) is 7.38. The number of alkyl halides is 3. The second-order valence-corrected chi connectivity index (χ2v) is 9.51. The molecule has 0 saturated carbocycles. The normalized spacial score (nSPS) is 11.5. The molecule has 0 aliphatic heterocycles. The number of carbonyl (C=O) groups excluding carboxylic acids is 1. The summed E-state index contributed by atoms with van der Waals surface area (Å²) in [6.45, 7) is 3.19. The highest BCUT2D eigenvalue weighted by molar-refractivity contribution is 5.91. The summed E-state index contributed by atoms with van der Waals surface area (Å²) in [7, 11) is 0. The Balaban J connectivity index is 1.67. The van der Waals surface area contributed by atoms with Gasteiger partial charge in [-0.2, -0.15) is 13.2 Å². The molecule has 1 N–H and O–H groups in total. The Bertz CT molecular complexity index is 1880. The fourth-order valence-corrected chi connectivity index (χ4v) is 4.96. The Morgan fingerprint density at radius 1 is 1.00 bits per heavy atom. The molecule has 2 aromatic heterocycles. The van der Waals surface area contributed by atoms with Crippen LogP contribution in [0.25, 0.3) is 28.2 Å². The van der Waals surface area contributed by atoms with E-state index >= 15 is 0 Å². The summed E-state index contributed by atoms with van der Waals surface area (Å²) in [5.74, 6) is -0.400. The zero-order valence-electron chi connectivity index (χ0n) is 22.5. The van der Waals surface area contributed by atoms with Gasteiger partial charge in [0.05, 0.1) is 33.0 Å². The van der Waals surface area contributed by atoms with Gasteiger partial charge in [0.1, 0.15) is 6.54 Å². The van der Waals surface area contributed by atoms with Crippen molar-refractivity contribution in [3.63, 3.8) is 0 Å². The number of amides is 1. The molecule has 3 aromatic carbocycles. The molecule has 5 rings (SSSR count). The number of hydrogen-bond donors (Lipinski definition) is 1. The van der Waals surface area contributed by atoms with E-state index in [1.165, 1.54) is 22.6 Å². The van der Waals surface area contributed by atoms with E-state index in [1.807, 2.05) is 6.07 Å². The van der Waals surface area contributed by atoms with Crippen molar-refractivity contribution in [2.45, 2.75) is 33.0 Å². The van der Waals surface area contributed by atoms with Crippen LogP contribution in [-0.2, 0) is 23.9 Å². The summed E-state index contributed by atoms with van der Waals surface area (Å²) in [5, 5.41) is 14.4. The molecule has 0 unspecified atom stereocenters. The SMILES string of the molecule is CCc1nc2n(CC(=O)Nc3ccc(C(F)(F)F)cc3)c(C)c(-c3ccccc3)n2c(=O)c1-c1ccccc1[N+](=O)[O-]. The second kappa shape index (κ2) is 11.0. The summed E-state index contributed by atoms with van der Waals surface area (Å²) >= 11 is 0. The maximum Gasteiger partial charge on any atom is 0.416 e. The molecule has 214 valence electrons. The number of anilines is 1. The lowest BCUT2D eigenvalue weighted by Gasteiger charge is -2.12. The van der Waals surface area contributed by atoms with Crippen LogP contribution in [0.2, 0.25) is 0 Å². The Labute approximate surface area is 237 Å². The average molecular weight is 576 g/mol. The number of halogens is 3. The minimum atomic E-state index is -4.51. The Morgan fingerprint density at radius 2 is 1.64 bits per heavy atom. The van der Waals surface area contributed by atoms with Crippen molar-refractivity contribution in [2.75, 3.05) is 5.32 Å². The molecule has 5 aromatic rings. The first-order valence-electron chi connectivity index (χ1n) is 12.9. The number of nitro groups is 1. The quantitative estimate of drug-likeness (QED) is 0.182. The van der Waals surface area contributed by atoms with Crippen LogP contribution in [0.4, 0.5) is 24.5 Å². The summed E-state index contributed by atoms with van der Waals surface area (Å²) in [5.41, 5.74) is 0.729. The lowest BCUT2D eigenvalue weighted by Crippen LogP contribution is -2.23. The van der Waals surface area contributed by atoms with E-state index in [2.05, 4.69) is 5.32 Å². The first-order chi connectivity index (χ1) is 20.0. The number of nitro benzene ring substituents is 1. The smallest absolute Gasteiger partial charge is 0.325 e. The van der Waals surface area contributed by atoms with Gasteiger partial charge in [-0.15, -0.1) is 0 Å². The van der Waals surface area contributed by atoms with Gasteiger partial charge in [-0.3, -0.25) is 19.7 Å². The third-order valence-corrected chi connectivity index (χ3v) is 6.90. The molecule has 0 fully saturated rings. The van der Waals surface area contributed by atoms with E-state index in [1.54, 1.807) is 48.7 Å². The van der Waals surface area contributed by atoms with Crippen LogP contribution in [0.15, 0.2) is 83.7 Å². The number of imidazole rings is 1. The third kappa shape index (κ3) is 5.14. The topological polar surface area (TPSA) is 112 Å². The molecule has 0 spiro atoms. The number of aromatic nitrogens is 3. The highest BCUT2D eigenvalue weighted by atomic mass is 19.4. The lowest BCUT2D eigenvalue weighted by atomic mass is 10.0. The largest absolute Gasteiger partial charge is 0.416 e. The van der Waals surface area contributed by atoms with Gasteiger partial charge >= 0.3 is 6.18 Å². The van der Waals surface area contributed by atoms with Crippen LogP contribution in [0, 0.1) is 17.0 Å². The minimum Gasteiger partial charge on any atom is -0.325 e. The molecule has 0 aliphatic rings. The zero-order valence-corrected chi connectivity index (χ0v) is 22.5. The van der Waals surface area contributed by atoms with Gasteiger partial charge in [0.2, 0.25) is 11.7 Å². The highest BCUT2D eigenvalue weighted by Crippen LogP contribution is 2.33. The van der Waals surface area contributed by atoms with E-state index in [-0.39, 0.29) is 41.2 Å². The molecule has 42 heavy (non-hydrogen) atoms. The first kappa shape index (κ1) is 28.3. The number of nitrogens with zero attached hydrogens (tertiary/aromatic N) is 4. The maximum atomic E-state index is 14.2. The summed E-state index contributed by atoms with van der Waals surface area (Å²) in [6, 6.07) is 19.0. The van der Waals surface area contributed by atoms with Crippen molar-refractivity contribution in [3.8, 4) is 22.4 Å². The van der Waals surface area contributed by atoms with Crippen molar-refractivity contribution < 1.29 is 22.9 Å². The number of benzene rings is 3. The minimum absolute atomic E-state index is 0.0887. The van der Waals surface area contributed by atoms with Crippen molar-refractivity contribution in [1.82, 2.24) is 14.0 Å². The molecule has 12 heteroatoms. The Morgan fingerprint density at radius 3 is 2.26 bits per heavy atom. The Hall–Kier alpha value is -5.26. The number of hydrogen-bond acceptors (Lipinski definition) is 5. The van der Waals surface area contributed by atoms with Gasteiger partial charge in [-0.1, -0.05) is 49.4 Å². The molecule has 9 nitrogen and oxygen atoms in total. The third-order valence-electron chi connectivity index (χ3n) is 6.90. The predicted octanol–water partition coefficient (Wildman–Crippen LogP) is 6.27. The van der Waals surface area contributed by atoms with Crippen molar-refractivity contribution in [3.05, 3.63) is 116 Å². The number of nitrogens with one attached hydrogen (secondary N) is 1. The van der Waals surface area contributed by atoms with Crippen molar-refractivity contribution >= 4 is 23.1 Å². The van der Waals surface area contributed by atoms with Crippen LogP contribution in [0.5, 0.6) is 0 Å². The maximum absolute atomic E-state index is 14.2. The van der Waals surface area contributed by atoms with Crippen LogP contribution < -0.4 is 10.9 Å². The standard InChI is InChI=1S/C30H24F3N5O4/c1-3-23-26(22-11-7-8-12-24(22)38(41)42)28(40)37-27(19-9-5-4-6-10-19)18(2)36(29(37)35-23)17-25(39)34-21-15-13-20(14-16-21)30(31,32)33/h4-16H,3,17H2,1-2H3,(H,34,39). The molecular weight excluding hydrogens is 551 g/mol. The van der Waals surface area contributed by atoms with E-state index in [0.29, 0.717) is 22.6 Å². The van der Waals surface area contributed by atoms with Crippen LogP contribution in [0.1, 0.15) is 23.9 Å². The van der Waals surface area contributed by atoms with E-state index in [9.17, 15) is 32.9 Å². The molecule has 0 saturated heterocycles. The highest BCUT2D eigenvalue weighted by Gasteiger charge is 2.30. The number of fused-ring (bicyclic) bond motifs is 1. The number of para-hydroxylation sites is 1. The predicted molar refractivity (Wildman–Crippen MR) is 151 cm³/mol. The fraction of sp³-hybridized carbons (Fsp3) is 0.167. The average Bonchev–Trinajstić information content (AvgIpc) is 3.24. The monoisotopic (exact) mass is 575 g/mol. The molecule has 0 atom stereocenters. The summed E-state index contributed by atoms with van der Waals surface area (Å²) in [6.07, 6.45) is -4.23. The number of rotatable bonds is 7. The number of aryl methyl sites for hydroxylation is 1. The van der Waals surface area contributed by atoms with Crippen molar-refractivity contribution in [2.24, 2.45) is 0 Å². The van der Waals surface area contributed by atoms with Crippen LogP contribution >= 0.6 is 0 Å². The molecule has 0 radical (unpaired) electrons. The molecule has 0 bridgehead atoms. The van der Waals surface area contributed by atoms with Crippen LogP contribution in [-0.4, -0.2) is 24.8 Å². The van der Waals surface area contributed by atoms with Crippen LogP contribution in [0.3, 0.4) is 0 Å². The van der Waals surface area contributed by atoms with Gasteiger partial charge in [0, 0.05) is 23.0 Å². The van der Waals surface area contributed by atoms with Gasteiger partial charge in [0.15, 0.2) is 0 Å². The van der Waals surface area contributed by atoms with Crippen molar-refractivity contribution in [1.29, 1.82) is 0 Å². The fourth-order valence-electron chi connectivity index (χ4n) is 4.96. The zero-order chi connectivity index (χ0) is 30.2. The molecule has 0 aliphatic carbocycles. The van der Waals surface area contributed by atoms with Gasteiger partial charge in [-0.05, 0) is 43.7 Å². The first-order valence-corrected chi connectivity index (χ1v) is 12.9. The van der Waals surface area contributed by atoms with Gasteiger partial charge in [0.25, 0.3) is 11.2 Å². The lowest BCUT2D eigenvalue weighted by molar-refractivity contribution is -0.384. The van der Waals surface area contributed by atoms with E-state index in [0.717, 1.165) is 24.3 Å². The summed E-state index contributed by atoms with van der Waals surface area (Å²) in [4.78, 5) is 43.3. The van der Waals surface area contributed by atoms with E-state index < -0.39 is 28.1 Å². The van der Waals surface area contributed by atoms with Gasteiger partial charge < -0.3 is 9.88 Å². The molecule has 2 heterocycles. The van der Waals surface area contributed by atoms with E-state index in [4.69, 9.17) is 4.98 Å². The molecule has 1 amide bonds. The number of carbonyl (C=O) groups is 1. The van der Waals surface area contributed by atoms with Gasteiger partial charge in [-0.25, -0.2) is 9.38 Å². The molecular formula is C30H24F3N5O4.